The van der Waals surface area contributed by atoms with Crippen LogP contribution in [0.5, 0.6) is 0 Å². The Labute approximate surface area is 91.9 Å². The first-order chi connectivity index (χ1) is 7.42. The van der Waals surface area contributed by atoms with Gasteiger partial charge in [0, 0.05) is 0 Å². The summed E-state index contributed by atoms with van der Waals surface area (Å²) in [5.74, 6) is 0.883. The van der Waals surface area contributed by atoms with Gasteiger partial charge in [0.15, 0.2) is 0 Å². The molecule has 1 saturated heterocycles. The van der Waals surface area contributed by atoms with Crippen molar-refractivity contribution in [2.24, 2.45) is 5.92 Å². The van der Waals surface area contributed by atoms with Gasteiger partial charge in [0.05, 0.1) is 0 Å². The van der Waals surface area contributed by atoms with E-state index in [1.165, 1.54) is 38.8 Å². The van der Waals surface area contributed by atoms with E-state index in [4.69, 9.17) is 0 Å². The second-order valence-electron chi connectivity index (χ2n) is 5.07. The second kappa shape index (κ2) is 3.64. The largest absolute Gasteiger partial charge is 0.316 e. The van der Waals surface area contributed by atoms with Gasteiger partial charge in [-0.2, -0.15) is 0 Å². The Bertz CT molecular complexity index is 320. The van der Waals surface area contributed by atoms with E-state index in [9.17, 15) is 0 Å². The Hall–Kier alpha value is -0.820. The fraction of sp³-hybridized carbons (Fsp3) is 0.571. The minimum atomic E-state index is 0.550. The van der Waals surface area contributed by atoms with E-state index >= 15 is 0 Å². The second-order valence-corrected chi connectivity index (χ2v) is 5.07. The molecule has 1 aromatic carbocycles. The zero-order valence-electron chi connectivity index (χ0n) is 9.21. The van der Waals surface area contributed by atoms with Crippen LogP contribution in [0.4, 0.5) is 0 Å². The number of nitrogens with one attached hydrogen (secondary N) is 1. The number of hydrogen-bond acceptors (Lipinski definition) is 1. The summed E-state index contributed by atoms with van der Waals surface area (Å²) in [6.45, 7) is 2.45. The molecule has 0 bridgehead atoms. The molecule has 80 valence electrons. The molecule has 3 rings (SSSR count). The molecular formula is C14H19N. The highest BCUT2D eigenvalue weighted by molar-refractivity contribution is 5.32. The zero-order chi connectivity index (χ0) is 10.1. The van der Waals surface area contributed by atoms with Crippen molar-refractivity contribution >= 4 is 0 Å². The van der Waals surface area contributed by atoms with Crippen molar-refractivity contribution in [1.29, 1.82) is 0 Å². The summed E-state index contributed by atoms with van der Waals surface area (Å²) < 4.78 is 0. The lowest BCUT2D eigenvalue weighted by molar-refractivity contribution is 0.307. The highest BCUT2D eigenvalue weighted by Crippen LogP contribution is 2.55. The van der Waals surface area contributed by atoms with Crippen LogP contribution in [0.2, 0.25) is 0 Å². The summed E-state index contributed by atoms with van der Waals surface area (Å²) in [6.07, 6.45) is 5.59. The van der Waals surface area contributed by atoms with E-state index in [-0.39, 0.29) is 0 Å². The maximum Gasteiger partial charge on any atom is -0.000602 e. The SMILES string of the molecule is c1ccc(C2(C3CCCNC3)CC2)cc1. The molecule has 1 atom stereocenters. The van der Waals surface area contributed by atoms with E-state index in [2.05, 4.69) is 35.6 Å². The van der Waals surface area contributed by atoms with Gasteiger partial charge in [-0.3, -0.25) is 0 Å². The maximum atomic E-state index is 3.55. The average Bonchev–Trinajstić information content (AvgIpc) is 3.13. The van der Waals surface area contributed by atoms with Gasteiger partial charge in [0.2, 0.25) is 0 Å². The Morgan fingerprint density at radius 3 is 2.53 bits per heavy atom. The third-order valence-corrected chi connectivity index (χ3v) is 4.22. The molecule has 0 radical (unpaired) electrons. The van der Waals surface area contributed by atoms with Crippen molar-refractivity contribution < 1.29 is 0 Å². The van der Waals surface area contributed by atoms with Gasteiger partial charge in [0.1, 0.15) is 0 Å². The Morgan fingerprint density at radius 1 is 1.13 bits per heavy atom. The van der Waals surface area contributed by atoms with Crippen LogP contribution in [-0.2, 0) is 5.41 Å². The van der Waals surface area contributed by atoms with E-state index < -0.39 is 0 Å². The van der Waals surface area contributed by atoms with Crippen molar-refractivity contribution in [3.05, 3.63) is 35.9 Å². The summed E-state index contributed by atoms with van der Waals surface area (Å²) >= 11 is 0. The summed E-state index contributed by atoms with van der Waals surface area (Å²) in [4.78, 5) is 0. The van der Waals surface area contributed by atoms with E-state index in [0.717, 1.165) is 5.92 Å². The maximum absolute atomic E-state index is 3.55. The number of rotatable bonds is 2. The minimum absolute atomic E-state index is 0.550. The lowest BCUT2D eigenvalue weighted by atomic mass is 9.78. The van der Waals surface area contributed by atoms with Gasteiger partial charge in [-0.15, -0.1) is 0 Å². The number of piperidine rings is 1. The predicted molar refractivity (Wildman–Crippen MR) is 62.9 cm³/mol. The van der Waals surface area contributed by atoms with Crippen molar-refractivity contribution in [2.45, 2.75) is 31.1 Å². The van der Waals surface area contributed by atoms with Crippen LogP contribution in [-0.4, -0.2) is 13.1 Å². The summed E-state index contributed by atoms with van der Waals surface area (Å²) in [7, 11) is 0. The molecule has 0 amide bonds. The third kappa shape index (κ3) is 1.59. The van der Waals surface area contributed by atoms with Crippen molar-refractivity contribution in [3.8, 4) is 0 Å². The number of hydrogen-bond donors (Lipinski definition) is 1. The van der Waals surface area contributed by atoms with E-state index in [0.29, 0.717) is 5.41 Å². The molecule has 1 heteroatoms. The molecule has 1 saturated carbocycles. The molecule has 0 aromatic heterocycles. The first-order valence-electron chi connectivity index (χ1n) is 6.18. The van der Waals surface area contributed by atoms with Gasteiger partial charge in [0.25, 0.3) is 0 Å². The first kappa shape index (κ1) is 9.41. The summed E-state index contributed by atoms with van der Waals surface area (Å²) in [5, 5.41) is 3.55. The highest BCUT2D eigenvalue weighted by atomic mass is 14.9. The smallest absolute Gasteiger partial charge is 0.000602 e. The van der Waals surface area contributed by atoms with Gasteiger partial charge in [-0.05, 0) is 55.7 Å². The zero-order valence-corrected chi connectivity index (χ0v) is 9.21. The fourth-order valence-corrected chi connectivity index (χ4v) is 3.16. The van der Waals surface area contributed by atoms with Crippen molar-refractivity contribution in [2.75, 3.05) is 13.1 Å². The van der Waals surface area contributed by atoms with Gasteiger partial charge in [-0.1, -0.05) is 30.3 Å². The van der Waals surface area contributed by atoms with Crippen LogP contribution in [0.3, 0.4) is 0 Å². The normalized spacial score (nSPS) is 28.7. The van der Waals surface area contributed by atoms with Crippen LogP contribution >= 0.6 is 0 Å². The third-order valence-electron chi connectivity index (χ3n) is 4.22. The molecule has 0 spiro atoms. The molecule has 2 aliphatic rings. The van der Waals surface area contributed by atoms with Gasteiger partial charge in [-0.25, -0.2) is 0 Å². The lowest BCUT2D eigenvalue weighted by Gasteiger charge is -2.31. The van der Waals surface area contributed by atoms with Crippen LogP contribution in [0.25, 0.3) is 0 Å². The Kier molecular flexibility index (Phi) is 2.28. The monoisotopic (exact) mass is 201 g/mol. The minimum Gasteiger partial charge on any atom is -0.316 e. The number of benzene rings is 1. The predicted octanol–water partition coefficient (Wildman–Crippen LogP) is 2.72. The molecule has 1 nitrogen and oxygen atoms in total. The molecule has 1 aromatic rings. The first-order valence-corrected chi connectivity index (χ1v) is 6.18. The topological polar surface area (TPSA) is 12.0 Å². The summed E-state index contributed by atoms with van der Waals surface area (Å²) in [6, 6.07) is 11.1. The molecule has 2 fully saturated rings. The van der Waals surface area contributed by atoms with E-state index in [1.54, 1.807) is 5.56 Å². The molecule has 1 aliphatic carbocycles. The van der Waals surface area contributed by atoms with Crippen LogP contribution in [0, 0.1) is 5.92 Å². The molecule has 1 aliphatic heterocycles. The lowest BCUT2D eigenvalue weighted by Crippen LogP contribution is -2.36. The molecular weight excluding hydrogens is 182 g/mol. The van der Waals surface area contributed by atoms with Crippen LogP contribution < -0.4 is 5.32 Å². The quantitative estimate of drug-likeness (QED) is 0.775. The van der Waals surface area contributed by atoms with Crippen molar-refractivity contribution in [3.63, 3.8) is 0 Å². The Balaban J connectivity index is 1.84. The molecule has 1 unspecified atom stereocenters. The van der Waals surface area contributed by atoms with Crippen LogP contribution in [0.1, 0.15) is 31.2 Å². The summed E-state index contributed by atoms with van der Waals surface area (Å²) in [5.41, 5.74) is 2.13. The van der Waals surface area contributed by atoms with E-state index in [1.807, 2.05) is 0 Å². The van der Waals surface area contributed by atoms with Gasteiger partial charge >= 0.3 is 0 Å². The Morgan fingerprint density at radius 2 is 1.93 bits per heavy atom. The fourth-order valence-electron chi connectivity index (χ4n) is 3.16. The molecule has 1 N–H and O–H groups in total. The van der Waals surface area contributed by atoms with Gasteiger partial charge < -0.3 is 5.32 Å². The van der Waals surface area contributed by atoms with Crippen molar-refractivity contribution in [1.82, 2.24) is 5.32 Å². The average molecular weight is 201 g/mol. The molecule has 1 heterocycles. The highest BCUT2D eigenvalue weighted by Gasteiger charge is 2.50. The molecule has 15 heavy (non-hydrogen) atoms. The van der Waals surface area contributed by atoms with Crippen LogP contribution in [0.15, 0.2) is 30.3 Å². The standard InChI is InChI=1S/C14H19N/c1-2-5-12(6-3-1)14(8-9-14)13-7-4-10-15-11-13/h1-3,5-6,13,15H,4,7-11H2.